The Kier molecular flexibility index (Phi) is 7.23. The zero-order valence-corrected chi connectivity index (χ0v) is 16.6. The maximum atomic E-state index is 12.4. The van der Waals surface area contributed by atoms with Gasteiger partial charge in [0.1, 0.15) is 5.75 Å². The molecular weight excluding hydrogens is 352 g/mol. The molecule has 25 heavy (non-hydrogen) atoms. The molecule has 1 atom stereocenters. The minimum atomic E-state index is 0.336. The van der Waals surface area contributed by atoms with E-state index in [1.54, 1.807) is 7.11 Å². The first-order chi connectivity index (χ1) is 12.3. The van der Waals surface area contributed by atoms with Crippen molar-refractivity contribution in [3.05, 3.63) is 24.3 Å². The normalized spacial score (nSPS) is 20.8. The van der Waals surface area contributed by atoms with Gasteiger partial charge in [-0.05, 0) is 43.5 Å². The summed E-state index contributed by atoms with van der Waals surface area (Å²) in [6.45, 7) is 3.49. The molecule has 0 aromatic heterocycles. The first kappa shape index (κ1) is 18.8. The average molecular weight is 381 g/mol. The average Bonchev–Trinajstić information content (AvgIpc) is 3.19. The highest BCUT2D eigenvalue weighted by Crippen LogP contribution is 2.39. The molecule has 1 amide bonds. The van der Waals surface area contributed by atoms with Crippen LogP contribution in [0.5, 0.6) is 5.75 Å². The number of piperazine rings is 1. The summed E-state index contributed by atoms with van der Waals surface area (Å²) in [6.07, 6.45) is 5.56. The molecule has 6 heteroatoms. The van der Waals surface area contributed by atoms with Crippen molar-refractivity contribution in [2.24, 2.45) is 0 Å². The Morgan fingerprint density at radius 3 is 2.56 bits per heavy atom. The quantitative estimate of drug-likeness (QED) is 0.526. The van der Waals surface area contributed by atoms with Crippen LogP contribution in [0.15, 0.2) is 24.3 Å². The molecule has 0 saturated carbocycles. The Balaban J connectivity index is 1.35. The summed E-state index contributed by atoms with van der Waals surface area (Å²) in [5.74, 6) is 2.52. The number of hydrogen-bond acceptors (Lipinski definition) is 5. The largest absolute Gasteiger partial charge is 0.497 e. The van der Waals surface area contributed by atoms with Crippen molar-refractivity contribution < 1.29 is 9.53 Å². The number of methoxy groups -OCH3 is 1. The fraction of sp³-hybridized carbons (Fsp3) is 0.632. The molecule has 2 aliphatic rings. The zero-order valence-electron chi connectivity index (χ0n) is 15.0. The number of rotatable bonds is 7. The van der Waals surface area contributed by atoms with E-state index in [0.717, 1.165) is 43.6 Å². The van der Waals surface area contributed by atoms with Crippen LogP contribution in [-0.4, -0.2) is 55.1 Å². The van der Waals surface area contributed by atoms with Gasteiger partial charge in [-0.15, -0.1) is 0 Å². The maximum absolute atomic E-state index is 12.4. The number of benzene rings is 1. The number of amides is 1. The molecule has 4 nitrogen and oxygen atoms in total. The van der Waals surface area contributed by atoms with E-state index < -0.39 is 0 Å². The standard InChI is InChI=1S/C19H28N2O2S2/c1-23-17-8-6-16(7-9-17)20-11-13-21(14-12-20)19(22)5-3-2-4-18-10-15-24-25-18/h6-9,18H,2-5,10-15H2,1H3. The third-order valence-corrected chi connectivity index (χ3v) is 7.97. The van der Waals surface area contributed by atoms with Gasteiger partial charge in [0, 0.05) is 49.3 Å². The summed E-state index contributed by atoms with van der Waals surface area (Å²) in [6, 6.07) is 8.17. The molecule has 2 saturated heterocycles. The highest BCUT2D eigenvalue weighted by atomic mass is 33.1. The molecule has 0 radical (unpaired) electrons. The minimum absolute atomic E-state index is 0.336. The summed E-state index contributed by atoms with van der Waals surface area (Å²) in [7, 11) is 5.72. The van der Waals surface area contributed by atoms with Crippen LogP contribution in [0.25, 0.3) is 0 Å². The molecule has 0 spiro atoms. The molecule has 138 valence electrons. The molecule has 2 fully saturated rings. The predicted molar refractivity (Wildman–Crippen MR) is 109 cm³/mol. The van der Waals surface area contributed by atoms with E-state index in [0.29, 0.717) is 12.3 Å². The van der Waals surface area contributed by atoms with Crippen molar-refractivity contribution >= 4 is 33.2 Å². The van der Waals surface area contributed by atoms with Crippen molar-refractivity contribution in [2.45, 2.75) is 37.4 Å². The van der Waals surface area contributed by atoms with Crippen molar-refractivity contribution in [3.63, 3.8) is 0 Å². The third kappa shape index (κ3) is 5.48. The molecule has 0 aliphatic carbocycles. The Hall–Kier alpha value is -1.01. The number of nitrogens with zero attached hydrogens (tertiary/aromatic N) is 2. The van der Waals surface area contributed by atoms with E-state index in [1.807, 2.05) is 38.6 Å². The number of carbonyl (C=O) groups excluding carboxylic acids is 1. The van der Waals surface area contributed by atoms with Crippen LogP contribution in [0, 0.1) is 0 Å². The van der Waals surface area contributed by atoms with E-state index in [9.17, 15) is 4.79 Å². The van der Waals surface area contributed by atoms with Gasteiger partial charge in [-0.1, -0.05) is 28.0 Å². The molecule has 1 aromatic carbocycles. The number of anilines is 1. The SMILES string of the molecule is COc1ccc(N2CCN(C(=O)CCCCC3CCSS3)CC2)cc1. The molecule has 1 aromatic rings. The van der Waals surface area contributed by atoms with Crippen LogP contribution in [0.3, 0.4) is 0 Å². The number of unbranched alkanes of at least 4 members (excludes halogenated alkanes) is 1. The molecular formula is C19H28N2O2S2. The van der Waals surface area contributed by atoms with Crippen LogP contribution >= 0.6 is 21.6 Å². The predicted octanol–water partition coefficient (Wildman–Crippen LogP) is 4.06. The van der Waals surface area contributed by atoms with Gasteiger partial charge in [-0.3, -0.25) is 4.79 Å². The fourth-order valence-electron chi connectivity index (χ4n) is 3.38. The zero-order chi connectivity index (χ0) is 17.5. The Labute approximate surface area is 159 Å². The lowest BCUT2D eigenvalue weighted by Gasteiger charge is -2.36. The molecule has 0 bridgehead atoms. The summed E-state index contributed by atoms with van der Waals surface area (Å²) < 4.78 is 5.21. The monoisotopic (exact) mass is 380 g/mol. The molecule has 3 rings (SSSR count). The number of hydrogen-bond donors (Lipinski definition) is 0. The van der Waals surface area contributed by atoms with E-state index in [1.165, 1.54) is 30.7 Å². The van der Waals surface area contributed by atoms with Crippen molar-refractivity contribution in [2.75, 3.05) is 43.9 Å². The lowest BCUT2D eigenvalue weighted by atomic mass is 10.1. The van der Waals surface area contributed by atoms with E-state index in [4.69, 9.17) is 4.74 Å². The third-order valence-electron chi connectivity index (χ3n) is 4.96. The van der Waals surface area contributed by atoms with Gasteiger partial charge in [0.05, 0.1) is 7.11 Å². The second-order valence-corrected chi connectivity index (χ2v) is 9.43. The summed E-state index contributed by atoms with van der Waals surface area (Å²) in [4.78, 5) is 16.8. The van der Waals surface area contributed by atoms with Gasteiger partial charge in [0.2, 0.25) is 5.91 Å². The Morgan fingerprint density at radius 1 is 1.16 bits per heavy atom. The van der Waals surface area contributed by atoms with Crippen LogP contribution in [0.1, 0.15) is 32.1 Å². The van der Waals surface area contributed by atoms with Gasteiger partial charge in [0.25, 0.3) is 0 Å². The van der Waals surface area contributed by atoms with Crippen molar-refractivity contribution in [3.8, 4) is 5.75 Å². The van der Waals surface area contributed by atoms with Crippen LogP contribution < -0.4 is 9.64 Å². The Bertz CT molecular complexity index is 539. The fourth-order valence-corrected chi connectivity index (χ4v) is 6.41. The lowest BCUT2D eigenvalue weighted by Crippen LogP contribution is -2.48. The van der Waals surface area contributed by atoms with Crippen molar-refractivity contribution in [1.82, 2.24) is 4.90 Å². The van der Waals surface area contributed by atoms with Gasteiger partial charge in [-0.2, -0.15) is 0 Å². The molecule has 1 unspecified atom stereocenters. The summed E-state index contributed by atoms with van der Waals surface area (Å²) >= 11 is 0. The second-order valence-electron chi connectivity index (χ2n) is 6.64. The van der Waals surface area contributed by atoms with Crippen LogP contribution in [-0.2, 0) is 4.79 Å². The molecule has 2 aliphatic heterocycles. The van der Waals surface area contributed by atoms with E-state index in [2.05, 4.69) is 17.0 Å². The van der Waals surface area contributed by atoms with Gasteiger partial charge < -0.3 is 14.5 Å². The smallest absolute Gasteiger partial charge is 0.222 e. The Morgan fingerprint density at radius 2 is 1.92 bits per heavy atom. The molecule has 0 N–H and O–H groups in total. The highest BCUT2D eigenvalue weighted by molar-refractivity contribution is 8.77. The summed E-state index contributed by atoms with van der Waals surface area (Å²) in [5, 5.41) is 0.827. The first-order valence-corrected chi connectivity index (χ1v) is 11.6. The molecule has 2 heterocycles. The van der Waals surface area contributed by atoms with E-state index in [-0.39, 0.29) is 0 Å². The lowest BCUT2D eigenvalue weighted by molar-refractivity contribution is -0.131. The topological polar surface area (TPSA) is 32.8 Å². The number of carbonyl (C=O) groups is 1. The maximum Gasteiger partial charge on any atom is 0.222 e. The summed E-state index contributed by atoms with van der Waals surface area (Å²) in [5.41, 5.74) is 1.21. The second kappa shape index (κ2) is 9.62. The van der Waals surface area contributed by atoms with Crippen molar-refractivity contribution in [1.29, 1.82) is 0 Å². The van der Waals surface area contributed by atoms with Gasteiger partial charge in [0.15, 0.2) is 0 Å². The van der Waals surface area contributed by atoms with Gasteiger partial charge in [-0.25, -0.2) is 0 Å². The minimum Gasteiger partial charge on any atom is -0.497 e. The van der Waals surface area contributed by atoms with E-state index >= 15 is 0 Å². The first-order valence-electron chi connectivity index (χ1n) is 9.21. The van der Waals surface area contributed by atoms with Crippen LogP contribution in [0.2, 0.25) is 0 Å². The number of ether oxygens (including phenoxy) is 1. The van der Waals surface area contributed by atoms with Gasteiger partial charge >= 0.3 is 0 Å². The van der Waals surface area contributed by atoms with Crippen LogP contribution in [0.4, 0.5) is 5.69 Å². The highest BCUT2D eigenvalue weighted by Gasteiger charge is 2.21.